The molecule has 0 fully saturated rings. The van der Waals surface area contributed by atoms with Crippen LogP contribution in [0.1, 0.15) is 39.5 Å². The fourth-order valence-electron chi connectivity index (χ4n) is 4.46. The summed E-state index contributed by atoms with van der Waals surface area (Å²) in [5.74, 6) is -1.20. The van der Waals surface area contributed by atoms with E-state index >= 15 is 0 Å². The zero-order valence-corrected chi connectivity index (χ0v) is 21.8. The highest BCUT2D eigenvalue weighted by Gasteiger charge is 2.37. The molecule has 0 saturated heterocycles. The van der Waals surface area contributed by atoms with Crippen molar-refractivity contribution in [3.63, 3.8) is 0 Å². The third kappa shape index (κ3) is 6.31. The van der Waals surface area contributed by atoms with Gasteiger partial charge in [-0.05, 0) is 36.4 Å². The summed E-state index contributed by atoms with van der Waals surface area (Å²) in [5, 5.41) is 5.67. The number of halogens is 4. The van der Waals surface area contributed by atoms with Crippen molar-refractivity contribution in [1.29, 1.82) is 0 Å². The molecule has 0 N–H and O–H groups in total. The van der Waals surface area contributed by atoms with Gasteiger partial charge in [0.1, 0.15) is 18.1 Å². The van der Waals surface area contributed by atoms with Crippen molar-refractivity contribution >= 4 is 17.5 Å². The van der Waals surface area contributed by atoms with E-state index in [9.17, 15) is 27.2 Å². The summed E-state index contributed by atoms with van der Waals surface area (Å²) < 4.78 is 64.2. The first kappa shape index (κ1) is 28.8. The first-order chi connectivity index (χ1) is 19.1. The number of hydrogen-bond acceptors (Lipinski definition) is 5. The van der Waals surface area contributed by atoms with E-state index in [0.717, 1.165) is 24.3 Å². The normalized spacial score (nSPS) is 15.1. The lowest BCUT2D eigenvalue weighted by Gasteiger charge is -2.27. The van der Waals surface area contributed by atoms with E-state index in [1.807, 2.05) is 0 Å². The van der Waals surface area contributed by atoms with Gasteiger partial charge in [-0.3, -0.25) is 9.59 Å². The van der Waals surface area contributed by atoms with Crippen LogP contribution < -0.4 is 4.74 Å². The summed E-state index contributed by atoms with van der Waals surface area (Å²) in [6, 6.07) is 16.3. The maximum Gasteiger partial charge on any atom is 0.416 e. The number of ether oxygens (including phenoxy) is 2. The van der Waals surface area contributed by atoms with Crippen molar-refractivity contribution in [2.45, 2.75) is 18.6 Å². The lowest BCUT2D eigenvalue weighted by molar-refractivity contribution is -0.137. The van der Waals surface area contributed by atoms with E-state index in [1.165, 1.54) is 30.2 Å². The number of hydrazone groups is 1. The van der Waals surface area contributed by atoms with Crippen molar-refractivity contribution in [2.75, 3.05) is 33.9 Å². The van der Waals surface area contributed by atoms with E-state index in [4.69, 9.17) is 9.47 Å². The van der Waals surface area contributed by atoms with Gasteiger partial charge in [-0.2, -0.15) is 18.3 Å². The van der Waals surface area contributed by atoms with Gasteiger partial charge in [-0.25, -0.2) is 9.40 Å². The molecule has 210 valence electrons. The largest absolute Gasteiger partial charge is 0.496 e. The number of alkyl halides is 3. The fourth-order valence-corrected chi connectivity index (χ4v) is 4.46. The molecule has 4 rings (SSSR count). The van der Waals surface area contributed by atoms with Gasteiger partial charge in [0.25, 0.3) is 11.8 Å². The molecule has 1 atom stereocenters. The van der Waals surface area contributed by atoms with Crippen molar-refractivity contribution in [2.24, 2.45) is 5.10 Å². The molecular formula is C29H27F4N3O4. The van der Waals surface area contributed by atoms with E-state index in [1.54, 1.807) is 42.5 Å². The summed E-state index contributed by atoms with van der Waals surface area (Å²) in [6.45, 7) is -0.360. The van der Waals surface area contributed by atoms with E-state index < -0.39 is 42.0 Å². The third-order valence-electron chi connectivity index (χ3n) is 6.49. The van der Waals surface area contributed by atoms with E-state index in [2.05, 4.69) is 5.10 Å². The summed E-state index contributed by atoms with van der Waals surface area (Å²) in [5.41, 5.74) is 0.325. The molecule has 1 aliphatic heterocycles. The minimum atomic E-state index is -4.55. The van der Waals surface area contributed by atoms with E-state index in [0.29, 0.717) is 17.0 Å². The second-order valence-electron chi connectivity index (χ2n) is 9.02. The van der Waals surface area contributed by atoms with Crippen LogP contribution >= 0.6 is 0 Å². The predicted octanol–water partition coefficient (Wildman–Crippen LogP) is 5.32. The molecule has 2 amide bonds. The monoisotopic (exact) mass is 557 g/mol. The van der Waals surface area contributed by atoms with Gasteiger partial charge < -0.3 is 14.4 Å². The highest BCUT2D eigenvalue weighted by molar-refractivity contribution is 6.04. The van der Waals surface area contributed by atoms with Crippen LogP contribution in [-0.4, -0.2) is 61.4 Å². The van der Waals surface area contributed by atoms with Crippen LogP contribution in [0.5, 0.6) is 5.75 Å². The average molecular weight is 558 g/mol. The minimum absolute atomic E-state index is 0.000848. The molecule has 1 aliphatic rings. The first-order valence-electron chi connectivity index (χ1n) is 12.4. The number of para-hydroxylation sites is 1. The van der Waals surface area contributed by atoms with Gasteiger partial charge in [0.2, 0.25) is 0 Å². The molecule has 0 aliphatic carbocycles. The minimum Gasteiger partial charge on any atom is -0.496 e. The van der Waals surface area contributed by atoms with Crippen LogP contribution in [0.3, 0.4) is 0 Å². The summed E-state index contributed by atoms with van der Waals surface area (Å²) in [6.07, 6.45) is -4.36. The zero-order valence-electron chi connectivity index (χ0n) is 21.8. The summed E-state index contributed by atoms with van der Waals surface area (Å²) in [7, 11) is 2.92. The van der Waals surface area contributed by atoms with Gasteiger partial charge in [0.15, 0.2) is 0 Å². The van der Waals surface area contributed by atoms with Crippen molar-refractivity contribution in [3.8, 4) is 5.75 Å². The van der Waals surface area contributed by atoms with E-state index in [-0.39, 0.29) is 30.7 Å². The lowest BCUT2D eigenvalue weighted by Crippen LogP contribution is -2.42. The third-order valence-corrected chi connectivity index (χ3v) is 6.49. The quantitative estimate of drug-likeness (QED) is 0.334. The maximum atomic E-state index is 14.6. The number of amides is 2. The molecule has 3 aromatic carbocycles. The Kier molecular flexibility index (Phi) is 8.83. The molecule has 3 aromatic rings. The lowest BCUT2D eigenvalue weighted by atomic mass is 9.97. The fraction of sp³-hybridized carbons (Fsp3) is 0.276. The Balaban J connectivity index is 1.65. The first-order valence-corrected chi connectivity index (χ1v) is 12.4. The van der Waals surface area contributed by atoms with Crippen molar-refractivity contribution in [1.82, 2.24) is 9.91 Å². The number of hydrogen-bond donors (Lipinski definition) is 0. The predicted molar refractivity (Wildman–Crippen MR) is 139 cm³/mol. The zero-order chi connectivity index (χ0) is 28.9. The Morgan fingerprint density at radius 2 is 1.68 bits per heavy atom. The number of benzene rings is 3. The number of methoxy groups -OCH3 is 2. The van der Waals surface area contributed by atoms with Crippen LogP contribution in [0.15, 0.2) is 77.9 Å². The van der Waals surface area contributed by atoms with Crippen LogP contribution in [0.4, 0.5) is 17.6 Å². The molecule has 11 heteroatoms. The average Bonchev–Trinajstić information content (AvgIpc) is 3.40. The van der Waals surface area contributed by atoms with Gasteiger partial charge in [0.05, 0.1) is 31.0 Å². The number of carbonyl (C=O) groups is 2. The van der Waals surface area contributed by atoms with Crippen LogP contribution in [0.2, 0.25) is 0 Å². The second-order valence-corrected chi connectivity index (χ2v) is 9.02. The van der Waals surface area contributed by atoms with Gasteiger partial charge in [0, 0.05) is 36.8 Å². The Bertz CT molecular complexity index is 1390. The molecule has 0 bridgehead atoms. The molecular weight excluding hydrogens is 530 g/mol. The molecule has 1 heterocycles. The smallest absolute Gasteiger partial charge is 0.416 e. The van der Waals surface area contributed by atoms with Crippen LogP contribution in [0, 0.1) is 5.82 Å². The number of rotatable bonds is 9. The van der Waals surface area contributed by atoms with Crippen LogP contribution in [-0.2, 0) is 15.7 Å². The topological polar surface area (TPSA) is 71.4 Å². The van der Waals surface area contributed by atoms with Crippen molar-refractivity contribution in [3.05, 3.63) is 101 Å². The van der Waals surface area contributed by atoms with Gasteiger partial charge >= 0.3 is 6.18 Å². The summed E-state index contributed by atoms with van der Waals surface area (Å²) >= 11 is 0. The Labute approximate surface area is 228 Å². The molecule has 40 heavy (non-hydrogen) atoms. The second kappa shape index (κ2) is 12.3. The Hall–Kier alpha value is -4.25. The maximum absolute atomic E-state index is 14.6. The molecule has 0 spiro atoms. The molecule has 1 unspecified atom stereocenters. The van der Waals surface area contributed by atoms with Gasteiger partial charge in [-0.15, -0.1) is 0 Å². The molecule has 7 nitrogen and oxygen atoms in total. The molecule has 0 aromatic heterocycles. The Morgan fingerprint density at radius 1 is 1.00 bits per heavy atom. The highest BCUT2D eigenvalue weighted by Crippen LogP contribution is 2.38. The molecule has 0 radical (unpaired) electrons. The van der Waals surface area contributed by atoms with Gasteiger partial charge in [-0.1, -0.05) is 36.4 Å². The standard InChI is InChI=1S/C29H27F4N3O4/c1-39-16-15-35(28(38)19-11-13-20(14-12-19)29(31,32)33)18-27(37)36-25(22-8-4-6-10-26(22)40-2)17-24(34-36)21-7-3-5-9-23(21)30/h3-14,25H,15-18H2,1-2H3. The number of carbonyl (C=O) groups excluding carboxylic acids is 2. The molecule has 0 saturated carbocycles. The number of nitrogens with zero attached hydrogens (tertiary/aromatic N) is 3. The van der Waals surface area contributed by atoms with Crippen LogP contribution in [0.25, 0.3) is 0 Å². The van der Waals surface area contributed by atoms with Crippen molar-refractivity contribution < 1.29 is 36.6 Å². The SMILES string of the molecule is COCCN(CC(=O)N1N=C(c2ccccc2F)CC1c1ccccc1OC)C(=O)c1ccc(C(F)(F)F)cc1. The highest BCUT2D eigenvalue weighted by atomic mass is 19.4. The Morgan fingerprint density at radius 3 is 2.33 bits per heavy atom. The summed E-state index contributed by atoms with van der Waals surface area (Å²) in [4.78, 5) is 28.1.